The normalized spacial score (nSPS) is 56.1. The second kappa shape index (κ2) is 19.4. The van der Waals surface area contributed by atoms with Crippen LogP contribution in [0.1, 0.15) is 85.5 Å². The summed E-state index contributed by atoms with van der Waals surface area (Å²) in [6, 6.07) is 0. The van der Waals surface area contributed by atoms with Gasteiger partial charge in [-0.15, -0.1) is 0 Å². The van der Waals surface area contributed by atoms with Crippen LogP contribution in [0, 0.1) is 52.3 Å². The smallest absolute Gasteiger partial charge is 0.187 e. The lowest BCUT2D eigenvalue weighted by Crippen LogP contribution is -2.65. The summed E-state index contributed by atoms with van der Waals surface area (Å²) in [7, 11) is 0. The third-order valence-corrected chi connectivity index (χ3v) is 18.0. The molecule has 8 aliphatic rings. The molecule has 4 aliphatic heterocycles. The van der Waals surface area contributed by atoms with Crippen LogP contribution in [0.2, 0.25) is 0 Å². The van der Waals surface area contributed by atoms with Crippen molar-refractivity contribution < 1.29 is 99.5 Å². The molecule has 20 heteroatoms. The second-order valence-corrected chi connectivity index (χ2v) is 21.6. The van der Waals surface area contributed by atoms with E-state index in [4.69, 9.17) is 33.2 Å². The van der Waals surface area contributed by atoms with E-state index in [0.717, 1.165) is 32.1 Å². The SMILES string of the molecule is C[C@H](CC[C@@]1(O)O[C@H]2[C@H](O)[C@H]3[C@@H]4CC[C@@H]5C[C@@H](O[C@@H]6O[C@H](CO)[C@H](O)[C@H](O)[C@H]6O[C@@H]6O[C@H](CO)[C@@H](O)[C@H](O)[C@H]6O)CC[C@]5(C)[C@H]4CC[C@]3(C)[C@H]2[C@@H]1C)CO[C@@H]1O[C@H](CO)[C@@H](O)[C@H](O)[C@H]1O. The molecule has 0 radical (unpaired) electrons. The first-order valence-electron chi connectivity index (χ1n) is 24.0. The van der Waals surface area contributed by atoms with Crippen molar-refractivity contribution in [2.24, 2.45) is 52.3 Å². The van der Waals surface area contributed by atoms with Crippen LogP contribution in [0.5, 0.6) is 0 Å². The Bertz CT molecular complexity index is 1600. The van der Waals surface area contributed by atoms with Crippen LogP contribution in [-0.2, 0) is 33.2 Å². The van der Waals surface area contributed by atoms with Crippen molar-refractivity contribution in [1.82, 2.24) is 0 Å². The lowest BCUT2D eigenvalue weighted by molar-refractivity contribution is -0.373. The largest absolute Gasteiger partial charge is 0.394 e. The summed E-state index contributed by atoms with van der Waals surface area (Å²) in [6.07, 6.45) is -17.3. The Kier molecular flexibility index (Phi) is 15.1. The van der Waals surface area contributed by atoms with E-state index in [1.165, 1.54) is 0 Å². The Balaban J connectivity index is 0.885. The van der Waals surface area contributed by atoms with Gasteiger partial charge >= 0.3 is 0 Å². The molecule has 0 bridgehead atoms. The van der Waals surface area contributed by atoms with Gasteiger partial charge in [-0.2, -0.15) is 0 Å². The molecular weight excluding hydrogens is 860 g/mol. The minimum absolute atomic E-state index is 0.0276. The van der Waals surface area contributed by atoms with Crippen LogP contribution in [0.25, 0.3) is 0 Å². The Labute approximate surface area is 379 Å². The number of hydrogen-bond donors (Lipinski definition) is 13. The quantitative estimate of drug-likeness (QED) is 0.0829. The van der Waals surface area contributed by atoms with Gasteiger partial charge in [0.2, 0.25) is 0 Å². The van der Waals surface area contributed by atoms with Crippen molar-refractivity contribution in [3.8, 4) is 0 Å². The molecule has 8 rings (SSSR count). The molecule has 0 aromatic heterocycles. The van der Waals surface area contributed by atoms with Gasteiger partial charge in [0.25, 0.3) is 0 Å². The van der Waals surface area contributed by atoms with Gasteiger partial charge in [0.15, 0.2) is 24.7 Å². The number of aliphatic hydroxyl groups excluding tert-OH is 12. The van der Waals surface area contributed by atoms with Gasteiger partial charge in [0.05, 0.1) is 44.7 Å². The molecule has 0 unspecified atom stereocenters. The molecule has 0 aromatic carbocycles. The van der Waals surface area contributed by atoms with E-state index in [9.17, 15) is 66.4 Å². The van der Waals surface area contributed by atoms with Crippen LogP contribution in [-0.4, -0.2) is 209 Å². The highest BCUT2D eigenvalue weighted by Gasteiger charge is 2.71. The van der Waals surface area contributed by atoms with Gasteiger partial charge in [-0.05, 0) is 91.8 Å². The number of aliphatic hydroxyl groups is 13. The maximum Gasteiger partial charge on any atom is 0.187 e. The maximum absolute atomic E-state index is 12.2. The minimum atomic E-state index is -1.77. The van der Waals surface area contributed by atoms with Gasteiger partial charge in [0, 0.05) is 18.3 Å². The summed E-state index contributed by atoms with van der Waals surface area (Å²) in [5, 5.41) is 137. The zero-order chi connectivity index (χ0) is 47.1. The summed E-state index contributed by atoms with van der Waals surface area (Å²) in [6.45, 7) is 6.79. The minimum Gasteiger partial charge on any atom is -0.394 e. The molecule has 376 valence electrons. The molecule has 8 fully saturated rings. The summed E-state index contributed by atoms with van der Waals surface area (Å²) in [5.74, 6) is -1.18. The Morgan fingerprint density at radius 1 is 0.615 bits per heavy atom. The predicted molar refractivity (Wildman–Crippen MR) is 220 cm³/mol. The molecule has 28 atom stereocenters. The predicted octanol–water partition coefficient (Wildman–Crippen LogP) is -2.81. The lowest BCUT2D eigenvalue weighted by Gasteiger charge is -2.61. The molecule has 0 amide bonds. The van der Waals surface area contributed by atoms with E-state index in [2.05, 4.69) is 13.8 Å². The average Bonchev–Trinajstić information content (AvgIpc) is 3.69. The fraction of sp³-hybridized carbons (Fsp3) is 1.00. The average molecular weight is 937 g/mol. The fourth-order valence-corrected chi connectivity index (χ4v) is 14.2. The molecule has 0 spiro atoms. The highest BCUT2D eigenvalue weighted by atomic mass is 16.8. The highest BCUT2D eigenvalue weighted by molar-refractivity contribution is 5.18. The second-order valence-electron chi connectivity index (χ2n) is 21.6. The van der Waals surface area contributed by atoms with Crippen LogP contribution >= 0.6 is 0 Å². The molecule has 4 heterocycles. The first kappa shape index (κ1) is 50.6. The molecule has 4 saturated carbocycles. The molecular formula is C45H76O20. The maximum atomic E-state index is 12.2. The third kappa shape index (κ3) is 8.78. The molecule has 65 heavy (non-hydrogen) atoms. The van der Waals surface area contributed by atoms with Crippen molar-refractivity contribution >= 4 is 0 Å². The van der Waals surface area contributed by atoms with Gasteiger partial charge in [-0.1, -0.05) is 27.7 Å². The zero-order valence-corrected chi connectivity index (χ0v) is 37.8. The van der Waals surface area contributed by atoms with E-state index in [-0.39, 0.29) is 65.5 Å². The topological polar surface area (TPSA) is 328 Å². The van der Waals surface area contributed by atoms with Crippen LogP contribution in [0.15, 0.2) is 0 Å². The molecule has 4 aliphatic carbocycles. The number of ether oxygens (including phenoxy) is 7. The third-order valence-electron chi connectivity index (χ3n) is 18.0. The summed E-state index contributed by atoms with van der Waals surface area (Å²) in [4.78, 5) is 0. The van der Waals surface area contributed by atoms with E-state index in [0.29, 0.717) is 25.2 Å². The summed E-state index contributed by atoms with van der Waals surface area (Å²) in [5.41, 5.74) is -0.356. The van der Waals surface area contributed by atoms with Crippen LogP contribution in [0.4, 0.5) is 0 Å². The van der Waals surface area contributed by atoms with E-state index >= 15 is 0 Å². The van der Waals surface area contributed by atoms with E-state index in [1.54, 1.807) is 0 Å². The highest BCUT2D eigenvalue weighted by Crippen LogP contribution is 2.71. The summed E-state index contributed by atoms with van der Waals surface area (Å²) < 4.78 is 41.7. The van der Waals surface area contributed by atoms with Crippen LogP contribution < -0.4 is 0 Å². The Morgan fingerprint density at radius 3 is 1.82 bits per heavy atom. The molecule has 0 aromatic rings. The van der Waals surface area contributed by atoms with Gasteiger partial charge < -0.3 is 99.5 Å². The van der Waals surface area contributed by atoms with Gasteiger partial charge in [0.1, 0.15) is 73.2 Å². The van der Waals surface area contributed by atoms with E-state index in [1.807, 2.05) is 13.8 Å². The standard InChI is InChI=1S/C45H76O20/c1-18(17-59-40-36(56)33(53)29(49)24(14-46)61-40)7-12-45(58)19(2)27-38(65-45)32(52)28-22-6-5-20-13-21(8-10-43(20,3)23(22)9-11-44(27,28)4)60-42-39(35(55)31(51)26(16-48)63-42)64-41-37(57)34(54)30(50)25(15-47)62-41/h18-42,46-58H,5-17H2,1-4H3/t18-,19+,20-,21+,22-,23+,24-,25-,26-,27+,28-,29-,30-,31+,32-,33+,34+,35+,36-,37-,38-,39-,40-,41+,42-,43+,44-,45-/m1/s1. The van der Waals surface area contributed by atoms with Gasteiger partial charge in [-0.3, -0.25) is 0 Å². The molecule has 20 nitrogen and oxygen atoms in total. The Morgan fingerprint density at radius 2 is 1.18 bits per heavy atom. The van der Waals surface area contributed by atoms with Crippen molar-refractivity contribution in [3.63, 3.8) is 0 Å². The van der Waals surface area contributed by atoms with E-state index < -0.39 is 130 Å². The number of rotatable bonds is 13. The molecule has 4 saturated heterocycles. The fourth-order valence-electron chi connectivity index (χ4n) is 14.2. The van der Waals surface area contributed by atoms with Crippen LogP contribution in [0.3, 0.4) is 0 Å². The molecule has 13 N–H and O–H groups in total. The van der Waals surface area contributed by atoms with Crippen molar-refractivity contribution in [2.75, 3.05) is 26.4 Å². The number of fused-ring (bicyclic) bond motifs is 7. The number of hydrogen-bond acceptors (Lipinski definition) is 20. The van der Waals surface area contributed by atoms with Crippen molar-refractivity contribution in [2.45, 2.75) is 202 Å². The van der Waals surface area contributed by atoms with Crippen molar-refractivity contribution in [1.29, 1.82) is 0 Å². The Hall–Kier alpha value is -0.800. The first-order chi connectivity index (χ1) is 30.7. The monoisotopic (exact) mass is 936 g/mol. The zero-order valence-electron chi connectivity index (χ0n) is 37.8. The van der Waals surface area contributed by atoms with Crippen molar-refractivity contribution in [3.05, 3.63) is 0 Å². The summed E-state index contributed by atoms with van der Waals surface area (Å²) >= 11 is 0. The lowest BCUT2D eigenvalue weighted by atomic mass is 9.44. The van der Waals surface area contributed by atoms with Gasteiger partial charge in [-0.25, -0.2) is 0 Å². The first-order valence-corrected chi connectivity index (χ1v) is 24.0.